The van der Waals surface area contributed by atoms with E-state index in [1.807, 2.05) is 103 Å². The molecular weight excluding hydrogens is 470 g/mol. The fraction of sp³-hybridized carbons (Fsp3) is 0. The second-order valence-electron chi connectivity index (χ2n) is 9.24. The Labute approximate surface area is 217 Å². The maximum Gasteiger partial charge on any atom is 0.168 e. The zero-order chi connectivity index (χ0) is 25.1. The summed E-state index contributed by atoms with van der Waals surface area (Å²) in [5.74, 6) is 1.73. The average Bonchev–Trinajstić information content (AvgIpc) is 3.55. The molecule has 0 saturated carbocycles. The molecule has 0 aliphatic rings. The summed E-state index contributed by atoms with van der Waals surface area (Å²) in [6.07, 6.45) is 0. The van der Waals surface area contributed by atoms with Gasteiger partial charge in [0.25, 0.3) is 0 Å². The largest absolute Gasteiger partial charge is 0.456 e. The standard InChI is InChI=1S/C33H19N3O2/c1-3-11-20(12-4-1)31-34-32(21-13-5-2-6-14-21)36-33(35-31)24-19-27-28(22-15-7-9-17-25(22)37-27)29-23-16-8-10-18-26(23)38-30(24)29/h1-19H. The Morgan fingerprint density at radius 1 is 0.421 bits per heavy atom. The van der Waals surface area contributed by atoms with E-state index in [0.717, 1.165) is 60.6 Å². The second-order valence-corrected chi connectivity index (χ2v) is 9.24. The Morgan fingerprint density at radius 3 is 1.55 bits per heavy atom. The third kappa shape index (κ3) is 3.15. The molecule has 3 heterocycles. The lowest BCUT2D eigenvalue weighted by molar-refractivity contribution is 0.663. The zero-order valence-corrected chi connectivity index (χ0v) is 20.1. The van der Waals surface area contributed by atoms with E-state index in [1.54, 1.807) is 0 Å². The van der Waals surface area contributed by atoms with E-state index in [2.05, 4.69) is 12.1 Å². The van der Waals surface area contributed by atoms with E-state index in [1.165, 1.54) is 0 Å². The molecule has 0 atom stereocenters. The fourth-order valence-electron chi connectivity index (χ4n) is 5.20. The number of para-hydroxylation sites is 2. The van der Waals surface area contributed by atoms with E-state index < -0.39 is 0 Å². The normalized spacial score (nSPS) is 11.7. The van der Waals surface area contributed by atoms with Gasteiger partial charge in [0.1, 0.15) is 22.3 Å². The molecule has 0 aliphatic heterocycles. The molecule has 0 radical (unpaired) electrons. The molecule has 0 saturated heterocycles. The van der Waals surface area contributed by atoms with E-state index >= 15 is 0 Å². The number of fused-ring (bicyclic) bond motifs is 7. The Bertz CT molecular complexity index is 2070. The van der Waals surface area contributed by atoms with Crippen LogP contribution in [0.1, 0.15) is 0 Å². The van der Waals surface area contributed by atoms with Gasteiger partial charge in [0.2, 0.25) is 0 Å². The van der Waals surface area contributed by atoms with Crippen LogP contribution >= 0.6 is 0 Å². The molecule has 0 spiro atoms. The van der Waals surface area contributed by atoms with Gasteiger partial charge in [-0.3, -0.25) is 0 Å². The zero-order valence-electron chi connectivity index (χ0n) is 20.1. The van der Waals surface area contributed by atoms with Crippen LogP contribution < -0.4 is 0 Å². The molecule has 8 aromatic rings. The molecule has 5 nitrogen and oxygen atoms in total. The van der Waals surface area contributed by atoms with Crippen molar-refractivity contribution >= 4 is 43.9 Å². The fourth-order valence-corrected chi connectivity index (χ4v) is 5.20. The summed E-state index contributed by atoms with van der Waals surface area (Å²) in [6, 6.07) is 38.1. The SMILES string of the molecule is c1ccc(-c2nc(-c3ccccc3)nc(-c3cc4oc5ccccc5c4c4c3oc3ccccc34)n2)cc1. The number of aromatic nitrogens is 3. The molecular formula is C33H19N3O2. The van der Waals surface area contributed by atoms with Crippen LogP contribution in [0.2, 0.25) is 0 Å². The molecule has 38 heavy (non-hydrogen) atoms. The Hall–Kier alpha value is -5.29. The van der Waals surface area contributed by atoms with Crippen molar-refractivity contribution in [1.29, 1.82) is 0 Å². The van der Waals surface area contributed by atoms with E-state index in [4.69, 9.17) is 23.8 Å². The van der Waals surface area contributed by atoms with Gasteiger partial charge >= 0.3 is 0 Å². The van der Waals surface area contributed by atoms with Gasteiger partial charge in [0.05, 0.1) is 5.56 Å². The summed E-state index contributed by atoms with van der Waals surface area (Å²) >= 11 is 0. The first-order chi connectivity index (χ1) is 18.8. The summed E-state index contributed by atoms with van der Waals surface area (Å²) in [4.78, 5) is 14.8. The van der Waals surface area contributed by atoms with Crippen LogP contribution in [-0.2, 0) is 0 Å². The van der Waals surface area contributed by atoms with E-state index in [9.17, 15) is 0 Å². The highest BCUT2D eigenvalue weighted by Crippen LogP contribution is 2.44. The van der Waals surface area contributed by atoms with Crippen molar-refractivity contribution in [2.45, 2.75) is 0 Å². The average molecular weight is 490 g/mol. The van der Waals surface area contributed by atoms with Gasteiger partial charge in [0, 0.05) is 32.7 Å². The first kappa shape index (κ1) is 20.9. The van der Waals surface area contributed by atoms with E-state index in [0.29, 0.717) is 17.5 Å². The van der Waals surface area contributed by atoms with Gasteiger partial charge in [-0.05, 0) is 18.2 Å². The number of rotatable bonds is 3. The molecule has 0 aliphatic carbocycles. The first-order valence-corrected chi connectivity index (χ1v) is 12.5. The summed E-state index contributed by atoms with van der Waals surface area (Å²) in [7, 11) is 0. The molecule has 0 N–H and O–H groups in total. The molecule has 0 unspecified atom stereocenters. The lowest BCUT2D eigenvalue weighted by atomic mass is 10.0. The van der Waals surface area contributed by atoms with Crippen LogP contribution in [0.4, 0.5) is 0 Å². The quantitative estimate of drug-likeness (QED) is 0.248. The minimum atomic E-state index is 0.532. The minimum absolute atomic E-state index is 0.532. The van der Waals surface area contributed by atoms with Crippen molar-refractivity contribution in [2.24, 2.45) is 0 Å². The lowest BCUT2D eigenvalue weighted by Gasteiger charge is -2.09. The number of nitrogens with zero attached hydrogens (tertiary/aromatic N) is 3. The van der Waals surface area contributed by atoms with Gasteiger partial charge in [-0.1, -0.05) is 97.1 Å². The molecule has 0 fully saturated rings. The van der Waals surface area contributed by atoms with Crippen LogP contribution in [0, 0.1) is 0 Å². The topological polar surface area (TPSA) is 65.0 Å². The van der Waals surface area contributed by atoms with Crippen LogP contribution in [0.15, 0.2) is 124 Å². The first-order valence-electron chi connectivity index (χ1n) is 12.5. The minimum Gasteiger partial charge on any atom is -0.456 e. The van der Waals surface area contributed by atoms with Crippen molar-refractivity contribution in [3.8, 4) is 34.2 Å². The third-order valence-corrected chi connectivity index (χ3v) is 6.93. The van der Waals surface area contributed by atoms with Gasteiger partial charge in [0.15, 0.2) is 17.5 Å². The molecule has 5 heteroatoms. The number of hydrogen-bond acceptors (Lipinski definition) is 5. The highest BCUT2D eigenvalue weighted by atomic mass is 16.3. The maximum atomic E-state index is 6.51. The lowest BCUT2D eigenvalue weighted by Crippen LogP contribution is -2.00. The smallest absolute Gasteiger partial charge is 0.168 e. The maximum absolute atomic E-state index is 6.51. The van der Waals surface area contributed by atoms with Crippen molar-refractivity contribution in [1.82, 2.24) is 15.0 Å². The van der Waals surface area contributed by atoms with Crippen LogP contribution in [0.3, 0.4) is 0 Å². The molecule has 8 rings (SSSR count). The second kappa shape index (κ2) is 8.11. The van der Waals surface area contributed by atoms with E-state index in [-0.39, 0.29) is 0 Å². The Morgan fingerprint density at radius 2 is 0.921 bits per heavy atom. The van der Waals surface area contributed by atoms with Gasteiger partial charge < -0.3 is 8.83 Å². The predicted octanol–water partition coefficient (Wildman–Crippen LogP) is 8.67. The van der Waals surface area contributed by atoms with Gasteiger partial charge in [-0.15, -0.1) is 0 Å². The Kier molecular flexibility index (Phi) is 4.45. The molecule has 0 bridgehead atoms. The molecule has 178 valence electrons. The highest BCUT2D eigenvalue weighted by molar-refractivity contribution is 6.28. The molecule has 5 aromatic carbocycles. The van der Waals surface area contributed by atoms with Crippen molar-refractivity contribution in [3.63, 3.8) is 0 Å². The van der Waals surface area contributed by atoms with Crippen molar-refractivity contribution < 1.29 is 8.83 Å². The predicted molar refractivity (Wildman–Crippen MR) is 151 cm³/mol. The third-order valence-electron chi connectivity index (χ3n) is 6.93. The monoisotopic (exact) mass is 489 g/mol. The number of benzene rings is 5. The van der Waals surface area contributed by atoms with Crippen molar-refractivity contribution in [3.05, 3.63) is 115 Å². The number of furan rings is 2. The van der Waals surface area contributed by atoms with Crippen LogP contribution in [0.25, 0.3) is 78.0 Å². The summed E-state index contributed by atoms with van der Waals surface area (Å²) < 4.78 is 12.9. The highest BCUT2D eigenvalue weighted by Gasteiger charge is 2.23. The Balaban J connectivity index is 1.50. The van der Waals surface area contributed by atoms with Gasteiger partial charge in [-0.25, -0.2) is 15.0 Å². The van der Waals surface area contributed by atoms with Crippen LogP contribution in [-0.4, -0.2) is 15.0 Å². The molecule has 0 amide bonds. The number of hydrogen-bond donors (Lipinski definition) is 0. The van der Waals surface area contributed by atoms with Crippen molar-refractivity contribution in [2.75, 3.05) is 0 Å². The summed E-state index contributed by atoms with van der Waals surface area (Å²) in [6.45, 7) is 0. The summed E-state index contributed by atoms with van der Waals surface area (Å²) in [5.41, 5.74) is 5.73. The van der Waals surface area contributed by atoms with Crippen LogP contribution in [0.5, 0.6) is 0 Å². The van der Waals surface area contributed by atoms with Gasteiger partial charge in [-0.2, -0.15) is 0 Å². The summed E-state index contributed by atoms with van der Waals surface area (Å²) in [5, 5.41) is 4.11. The molecule has 3 aromatic heterocycles.